The van der Waals surface area contributed by atoms with Crippen molar-refractivity contribution in [2.45, 2.75) is 57.4 Å². The van der Waals surface area contributed by atoms with Crippen LogP contribution in [0, 0.1) is 5.41 Å². The van der Waals surface area contributed by atoms with Crippen LogP contribution in [0.2, 0.25) is 0 Å². The maximum atomic E-state index is 13.5. The predicted octanol–water partition coefficient (Wildman–Crippen LogP) is 5.51. The average Bonchev–Trinajstić information content (AvgIpc) is 3.26. The molecule has 0 saturated heterocycles. The van der Waals surface area contributed by atoms with Crippen molar-refractivity contribution < 1.29 is 8.42 Å². The molecular weight excluding hydrogens is 482 g/mol. The zero-order chi connectivity index (χ0) is 26.4. The van der Waals surface area contributed by atoms with Gasteiger partial charge in [0.05, 0.1) is 21.6 Å². The Bertz CT molecular complexity index is 1460. The molecule has 0 aliphatic carbocycles. The van der Waals surface area contributed by atoms with Crippen LogP contribution in [0.25, 0.3) is 11.0 Å². The van der Waals surface area contributed by atoms with Crippen molar-refractivity contribution in [2.75, 3.05) is 10.8 Å². The number of fused-ring (bicyclic) bond motifs is 1. The van der Waals surface area contributed by atoms with E-state index in [0.29, 0.717) is 24.2 Å². The van der Waals surface area contributed by atoms with Crippen LogP contribution < -0.4 is 10.0 Å². The minimum Gasteiger partial charge on any atom is -0.384 e. The number of rotatable bonds is 12. The first kappa shape index (κ1) is 26.4. The van der Waals surface area contributed by atoms with Crippen LogP contribution in [-0.2, 0) is 29.4 Å². The van der Waals surface area contributed by atoms with Gasteiger partial charge in [-0.15, -0.1) is 0 Å². The zero-order valence-electron chi connectivity index (χ0n) is 21.5. The molecule has 0 atom stereocenters. The van der Waals surface area contributed by atoms with Gasteiger partial charge in [0.1, 0.15) is 11.7 Å². The summed E-state index contributed by atoms with van der Waals surface area (Å²) in [5.41, 5.74) is 9.91. The fourth-order valence-corrected chi connectivity index (χ4v) is 6.07. The van der Waals surface area contributed by atoms with Crippen LogP contribution in [0.1, 0.15) is 50.1 Å². The number of amidine groups is 1. The highest BCUT2D eigenvalue weighted by Gasteiger charge is 2.25. The Morgan fingerprint density at radius 2 is 1.70 bits per heavy atom. The van der Waals surface area contributed by atoms with Crippen molar-refractivity contribution in [1.82, 2.24) is 9.55 Å². The molecule has 1 heterocycles. The summed E-state index contributed by atoms with van der Waals surface area (Å²) in [6.07, 6.45) is 4.38. The first-order valence-electron chi connectivity index (χ1n) is 12.9. The lowest BCUT2D eigenvalue weighted by Crippen LogP contribution is -2.31. The smallest absolute Gasteiger partial charge is 0.264 e. The van der Waals surface area contributed by atoms with Crippen molar-refractivity contribution in [3.63, 3.8) is 0 Å². The molecule has 194 valence electrons. The standard InChI is InChI=1S/C29H35N5O2S/c1-3-5-20-33-27-17-16-24(34(19-4-2)37(35,36)25-9-7-6-8-10-25)21-26(27)32-28(33)18-13-22-11-14-23(15-12-22)29(30)31/h6-12,14-17,21H,3-5,13,18-20H2,1-2H3,(H3,30,31). The molecule has 7 nitrogen and oxygen atoms in total. The lowest BCUT2D eigenvalue weighted by atomic mass is 10.1. The number of nitrogens with two attached hydrogens (primary N) is 1. The Hall–Kier alpha value is -3.65. The maximum Gasteiger partial charge on any atom is 0.264 e. The van der Waals surface area contributed by atoms with Gasteiger partial charge in [-0.3, -0.25) is 9.71 Å². The van der Waals surface area contributed by atoms with Gasteiger partial charge in [0.2, 0.25) is 0 Å². The topological polar surface area (TPSA) is 105 Å². The minimum absolute atomic E-state index is 0.0649. The molecular formula is C29H35N5O2S. The molecule has 0 aliphatic rings. The van der Waals surface area contributed by atoms with Gasteiger partial charge in [-0.2, -0.15) is 0 Å². The molecule has 0 amide bonds. The van der Waals surface area contributed by atoms with Crippen LogP contribution in [0.15, 0.2) is 77.7 Å². The van der Waals surface area contributed by atoms with Crippen LogP contribution in [-0.4, -0.2) is 30.3 Å². The highest BCUT2D eigenvalue weighted by atomic mass is 32.2. The van der Waals surface area contributed by atoms with E-state index in [2.05, 4.69) is 11.5 Å². The van der Waals surface area contributed by atoms with Gasteiger partial charge < -0.3 is 10.3 Å². The molecule has 37 heavy (non-hydrogen) atoms. The number of hydrogen-bond donors (Lipinski definition) is 2. The van der Waals surface area contributed by atoms with Gasteiger partial charge in [0.15, 0.2) is 0 Å². The minimum atomic E-state index is -3.68. The normalized spacial score (nSPS) is 11.6. The first-order valence-corrected chi connectivity index (χ1v) is 14.3. The molecule has 0 spiro atoms. The lowest BCUT2D eigenvalue weighted by Gasteiger charge is -2.24. The number of anilines is 1. The number of sulfonamides is 1. The van der Waals surface area contributed by atoms with Crippen LogP contribution in [0.5, 0.6) is 0 Å². The highest BCUT2D eigenvalue weighted by Crippen LogP contribution is 2.29. The van der Waals surface area contributed by atoms with Crippen molar-refractivity contribution >= 4 is 32.6 Å². The van der Waals surface area contributed by atoms with E-state index < -0.39 is 10.0 Å². The van der Waals surface area contributed by atoms with E-state index in [1.807, 2.05) is 55.5 Å². The third-order valence-corrected chi connectivity index (χ3v) is 8.34. The summed E-state index contributed by atoms with van der Waals surface area (Å²) in [4.78, 5) is 5.26. The molecule has 3 aromatic carbocycles. The molecule has 0 aliphatic heterocycles. The molecule has 0 saturated carbocycles. The van der Waals surface area contributed by atoms with Crippen molar-refractivity contribution in [1.29, 1.82) is 5.41 Å². The third-order valence-electron chi connectivity index (χ3n) is 6.49. The summed E-state index contributed by atoms with van der Waals surface area (Å²) < 4.78 is 30.7. The van der Waals surface area contributed by atoms with Crippen LogP contribution in [0.3, 0.4) is 0 Å². The van der Waals surface area contributed by atoms with E-state index in [1.54, 1.807) is 24.3 Å². The number of benzene rings is 3. The largest absolute Gasteiger partial charge is 0.384 e. The van der Waals surface area contributed by atoms with Gasteiger partial charge >= 0.3 is 0 Å². The quantitative estimate of drug-likeness (QED) is 0.191. The summed E-state index contributed by atoms with van der Waals surface area (Å²) in [7, 11) is -3.68. The Kier molecular flexibility index (Phi) is 8.28. The van der Waals surface area contributed by atoms with Crippen molar-refractivity contribution in [2.24, 2.45) is 5.73 Å². The second kappa shape index (κ2) is 11.6. The SMILES string of the molecule is CCCCn1c(CCc2ccc(C(=N)N)cc2)nc2cc(N(CCC)S(=O)(=O)c3ccccc3)ccc21. The van der Waals surface area contributed by atoms with Crippen LogP contribution in [0.4, 0.5) is 5.69 Å². The van der Waals surface area contributed by atoms with Gasteiger partial charge in [-0.05, 0) is 55.2 Å². The number of nitrogens with one attached hydrogen (secondary N) is 1. The summed E-state index contributed by atoms with van der Waals surface area (Å²) in [6.45, 7) is 5.41. The molecule has 0 radical (unpaired) electrons. The second-order valence-electron chi connectivity index (χ2n) is 9.21. The molecule has 1 aromatic heterocycles. The van der Waals surface area contributed by atoms with Crippen molar-refractivity contribution in [3.05, 3.63) is 89.7 Å². The van der Waals surface area contributed by atoms with E-state index in [-0.39, 0.29) is 10.7 Å². The Labute approximate surface area is 219 Å². The van der Waals surface area contributed by atoms with E-state index in [0.717, 1.165) is 54.6 Å². The predicted molar refractivity (Wildman–Crippen MR) is 151 cm³/mol. The molecule has 0 fully saturated rings. The summed E-state index contributed by atoms with van der Waals surface area (Å²) in [5.74, 6) is 1.05. The Morgan fingerprint density at radius 1 is 0.973 bits per heavy atom. The molecule has 4 rings (SSSR count). The fraction of sp³-hybridized carbons (Fsp3) is 0.310. The molecule has 8 heteroatoms. The highest BCUT2D eigenvalue weighted by molar-refractivity contribution is 7.92. The van der Waals surface area contributed by atoms with Gasteiger partial charge in [0.25, 0.3) is 10.0 Å². The first-order chi connectivity index (χ1) is 17.8. The monoisotopic (exact) mass is 517 g/mol. The van der Waals surface area contributed by atoms with Crippen molar-refractivity contribution in [3.8, 4) is 0 Å². The summed E-state index contributed by atoms with van der Waals surface area (Å²) in [6, 6.07) is 22.1. The van der Waals surface area contributed by atoms with Gasteiger partial charge in [0, 0.05) is 25.1 Å². The van der Waals surface area contributed by atoms with E-state index in [1.165, 1.54) is 4.31 Å². The number of nitrogen functional groups attached to an aromatic ring is 1. The number of nitrogens with zero attached hydrogens (tertiary/aromatic N) is 3. The van der Waals surface area contributed by atoms with Gasteiger partial charge in [-0.1, -0.05) is 62.7 Å². The third kappa shape index (κ3) is 5.85. The Morgan fingerprint density at radius 3 is 2.35 bits per heavy atom. The number of hydrogen-bond acceptors (Lipinski definition) is 4. The van der Waals surface area contributed by atoms with Crippen LogP contribution >= 0.6 is 0 Å². The number of aryl methyl sites for hydroxylation is 3. The fourth-order valence-electron chi connectivity index (χ4n) is 4.50. The molecule has 4 aromatic rings. The number of unbranched alkanes of at least 4 members (excludes halogenated alkanes) is 1. The van der Waals surface area contributed by atoms with E-state index >= 15 is 0 Å². The second-order valence-corrected chi connectivity index (χ2v) is 11.1. The molecule has 0 unspecified atom stereocenters. The molecule has 0 bridgehead atoms. The van der Waals surface area contributed by atoms with E-state index in [9.17, 15) is 8.42 Å². The average molecular weight is 518 g/mol. The van der Waals surface area contributed by atoms with Gasteiger partial charge in [-0.25, -0.2) is 13.4 Å². The lowest BCUT2D eigenvalue weighted by molar-refractivity contribution is 0.590. The maximum absolute atomic E-state index is 13.5. The zero-order valence-corrected chi connectivity index (χ0v) is 22.3. The molecule has 3 N–H and O–H groups in total. The number of aromatic nitrogens is 2. The Balaban J connectivity index is 1.67. The summed E-state index contributed by atoms with van der Waals surface area (Å²) in [5, 5.41) is 7.58. The summed E-state index contributed by atoms with van der Waals surface area (Å²) >= 11 is 0. The van der Waals surface area contributed by atoms with E-state index in [4.69, 9.17) is 16.1 Å². The number of imidazole rings is 1.